The van der Waals surface area contributed by atoms with Gasteiger partial charge in [-0.05, 0) is 54.2 Å². The van der Waals surface area contributed by atoms with Gasteiger partial charge in [0.25, 0.3) is 0 Å². The van der Waals surface area contributed by atoms with Crippen LogP contribution in [0.4, 0.5) is 0 Å². The van der Waals surface area contributed by atoms with Crippen molar-refractivity contribution in [2.24, 2.45) is 5.41 Å². The predicted molar refractivity (Wildman–Crippen MR) is 121 cm³/mol. The molecular formula is C26H28N2O3. The molecule has 31 heavy (non-hydrogen) atoms. The third-order valence-electron chi connectivity index (χ3n) is 6.05. The number of nitrogens with one attached hydrogen (secondary N) is 1. The van der Waals surface area contributed by atoms with Gasteiger partial charge in [0.05, 0.1) is 12.5 Å². The summed E-state index contributed by atoms with van der Waals surface area (Å²) >= 11 is 0. The predicted octanol–water partition coefficient (Wildman–Crippen LogP) is 4.41. The van der Waals surface area contributed by atoms with Crippen molar-refractivity contribution in [1.29, 1.82) is 0 Å². The van der Waals surface area contributed by atoms with Crippen LogP contribution in [0.2, 0.25) is 0 Å². The lowest BCUT2D eigenvalue weighted by atomic mass is 9.74. The maximum Gasteiger partial charge on any atom is 0.226 e. The van der Waals surface area contributed by atoms with E-state index in [4.69, 9.17) is 9.47 Å². The number of carbonyl (C=O) groups is 1. The number of rotatable bonds is 7. The Morgan fingerprint density at radius 2 is 1.81 bits per heavy atom. The molecule has 4 rings (SSSR count). The molecule has 1 aromatic heterocycles. The van der Waals surface area contributed by atoms with Crippen LogP contribution in [0.5, 0.6) is 5.75 Å². The lowest BCUT2D eigenvalue weighted by Gasteiger charge is -2.36. The summed E-state index contributed by atoms with van der Waals surface area (Å²) in [6, 6.07) is 20.2. The second-order valence-electron chi connectivity index (χ2n) is 8.00. The largest absolute Gasteiger partial charge is 0.496 e. The van der Waals surface area contributed by atoms with Gasteiger partial charge in [-0.3, -0.25) is 9.78 Å². The number of carbonyl (C=O) groups excluding carboxylic acids is 1. The maximum absolute atomic E-state index is 13.4. The number of hydrogen-bond acceptors (Lipinski definition) is 4. The Bertz CT molecular complexity index is 1010. The number of para-hydroxylation sites is 1. The molecule has 0 atom stereocenters. The average molecular weight is 417 g/mol. The number of hydrogen-bond donors (Lipinski definition) is 1. The van der Waals surface area contributed by atoms with Crippen LogP contribution in [0.15, 0.2) is 73.1 Å². The second-order valence-corrected chi connectivity index (χ2v) is 8.00. The molecule has 1 aliphatic rings. The zero-order chi connectivity index (χ0) is 21.5. The fourth-order valence-electron chi connectivity index (χ4n) is 4.25. The van der Waals surface area contributed by atoms with Crippen molar-refractivity contribution < 1.29 is 14.3 Å². The van der Waals surface area contributed by atoms with Crippen LogP contribution >= 0.6 is 0 Å². The minimum absolute atomic E-state index is 0.0796. The molecule has 5 heteroatoms. The van der Waals surface area contributed by atoms with Gasteiger partial charge in [0.1, 0.15) is 5.75 Å². The highest BCUT2D eigenvalue weighted by molar-refractivity contribution is 5.83. The van der Waals surface area contributed by atoms with E-state index in [2.05, 4.69) is 34.6 Å². The third-order valence-corrected chi connectivity index (χ3v) is 6.05. The van der Waals surface area contributed by atoms with Crippen LogP contribution in [0, 0.1) is 5.41 Å². The maximum atomic E-state index is 13.4. The first-order chi connectivity index (χ1) is 15.2. The number of ether oxygens (including phenoxy) is 2. The van der Waals surface area contributed by atoms with E-state index in [1.165, 1.54) is 0 Å². The number of pyridine rings is 1. The monoisotopic (exact) mass is 416 g/mol. The third kappa shape index (κ3) is 4.94. The van der Waals surface area contributed by atoms with Crippen LogP contribution in [-0.2, 0) is 22.5 Å². The van der Waals surface area contributed by atoms with Gasteiger partial charge in [-0.2, -0.15) is 0 Å². The Morgan fingerprint density at radius 3 is 2.58 bits per heavy atom. The number of methoxy groups -OCH3 is 1. The van der Waals surface area contributed by atoms with Crippen molar-refractivity contribution >= 4 is 5.91 Å². The molecular weight excluding hydrogens is 388 g/mol. The fraction of sp³-hybridized carbons (Fsp3) is 0.308. The summed E-state index contributed by atoms with van der Waals surface area (Å²) in [5.41, 5.74) is 3.91. The topological polar surface area (TPSA) is 60.5 Å². The van der Waals surface area contributed by atoms with E-state index in [1.54, 1.807) is 19.5 Å². The van der Waals surface area contributed by atoms with Crippen LogP contribution < -0.4 is 10.1 Å². The van der Waals surface area contributed by atoms with Crippen molar-refractivity contribution in [1.82, 2.24) is 10.3 Å². The van der Waals surface area contributed by atoms with Gasteiger partial charge < -0.3 is 14.8 Å². The average Bonchev–Trinajstić information content (AvgIpc) is 2.84. The number of benzene rings is 2. The first-order valence-corrected chi connectivity index (χ1v) is 10.7. The van der Waals surface area contributed by atoms with Crippen LogP contribution in [-0.4, -0.2) is 31.2 Å². The Hall–Kier alpha value is -3.18. The molecule has 3 aromatic rings. The van der Waals surface area contributed by atoms with E-state index in [1.807, 2.05) is 36.4 Å². The number of nitrogens with zero attached hydrogens (tertiary/aromatic N) is 1. The summed E-state index contributed by atoms with van der Waals surface area (Å²) < 4.78 is 11.0. The molecule has 0 radical (unpaired) electrons. The standard InChI is InChI=1S/C26H28N2O3/c1-30-24-8-3-2-6-23(24)19-28-25(29)26(11-15-31-16-12-26)18-20-5-4-7-22(17-20)21-9-13-27-14-10-21/h2-10,13-14,17H,11-12,15-16,18-19H2,1H3,(H,28,29). The fourth-order valence-corrected chi connectivity index (χ4v) is 4.25. The first-order valence-electron chi connectivity index (χ1n) is 10.7. The summed E-state index contributed by atoms with van der Waals surface area (Å²) in [6.45, 7) is 1.65. The van der Waals surface area contributed by atoms with Crippen molar-refractivity contribution in [3.63, 3.8) is 0 Å². The molecule has 1 aliphatic heterocycles. The van der Waals surface area contributed by atoms with E-state index in [9.17, 15) is 4.79 Å². The smallest absolute Gasteiger partial charge is 0.226 e. The van der Waals surface area contributed by atoms with Crippen molar-refractivity contribution in [2.75, 3.05) is 20.3 Å². The number of aromatic nitrogens is 1. The van der Waals surface area contributed by atoms with E-state index in [0.29, 0.717) is 39.0 Å². The highest BCUT2D eigenvalue weighted by Gasteiger charge is 2.40. The normalized spacial score (nSPS) is 15.3. The quantitative estimate of drug-likeness (QED) is 0.620. The van der Waals surface area contributed by atoms with E-state index >= 15 is 0 Å². The van der Waals surface area contributed by atoms with Gasteiger partial charge in [0.2, 0.25) is 5.91 Å². The molecule has 1 N–H and O–H groups in total. The lowest BCUT2D eigenvalue weighted by Crippen LogP contribution is -2.46. The second kappa shape index (κ2) is 9.75. The summed E-state index contributed by atoms with van der Waals surface area (Å²) in [4.78, 5) is 17.5. The zero-order valence-corrected chi connectivity index (χ0v) is 17.8. The Labute approximate surface area is 183 Å². The van der Waals surface area contributed by atoms with Gasteiger partial charge in [-0.25, -0.2) is 0 Å². The van der Waals surface area contributed by atoms with Gasteiger partial charge in [0.15, 0.2) is 0 Å². The van der Waals surface area contributed by atoms with E-state index in [0.717, 1.165) is 28.0 Å². The highest BCUT2D eigenvalue weighted by atomic mass is 16.5. The van der Waals surface area contributed by atoms with E-state index in [-0.39, 0.29) is 5.91 Å². The molecule has 2 heterocycles. The molecule has 0 aliphatic carbocycles. The van der Waals surface area contributed by atoms with E-state index < -0.39 is 5.41 Å². The van der Waals surface area contributed by atoms with Crippen LogP contribution in [0.25, 0.3) is 11.1 Å². The van der Waals surface area contributed by atoms with Gasteiger partial charge in [0, 0.05) is 37.7 Å². The van der Waals surface area contributed by atoms with Crippen molar-refractivity contribution in [3.05, 3.63) is 84.2 Å². The Kier molecular flexibility index (Phi) is 6.63. The molecule has 2 aromatic carbocycles. The molecule has 0 bridgehead atoms. The van der Waals surface area contributed by atoms with Gasteiger partial charge in [-0.15, -0.1) is 0 Å². The molecule has 160 valence electrons. The minimum atomic E-state index is -0.475. The van der Waals surface area contributed by atoms with Gasteiger partial charge >= 0.3 is 0 Å². The molecule has 1 saturated heterocycles. The van der Waals surface area contributed by atoms with Crippen molar-refractivity contribution in [3.8, 4) is 16.9 Å². The SMILES string of the molecule is COc1ccccc1CNC(=O)C1(Cc2cccc(-c3ccncc3)c2)CCOCC1. The highest BCUT2D eigenvalue weighted by Crippen LogP contribution is 2.36. The summed E-state index contributed by atoms with van der Waals surface area (Å²) in [6.07, 6.45) is 5.71. The minimum Gasteiger partial charge on any atom is -0.496 e. The molecule has 0 spiro atoms. The summed E-state index contributed by atoms with van der Waals surface area (Å²) in [7, 11) is 1.65. The molecule has 1 fully saturated rings. The molecule has 0 saturated carbocycles. The van der Waals surface area contributed by atoms with Crippen molar-refractivity contribution in [2.45, 2.75) is 25.8 Å². The van der Waals surface area contributed by atoms with Crippen LogP contribution in [0.1, 0.15) is 24.0 Å². The zero-order valence-electron chi connectivity index (χ0n) is 17.8. The Morgan fingerprint density at radius 1 is 1.03 bits per heavy atom. The lowest BCUT2D eigenvalue weighted by molar-refractivity contribution is -0.136. The summed E-state index contributed by atoms with van der Waals surface area (Å²) in [5.74, 6) is 0.866. The van der Waals surface area contributed by atoms with Crippen LogP contribution in [0.3, 0.4) is 0 Å². The Balaban J connectivity index is 1.53. The first kappa shape index (κ1) is 21.1. The molecule has 5 nitrogen and oxygen atoms in total. The summed E-state index contributed by atoms with van der Waals surface area (Å²) in [5, 5.41) is 3.17. The molecule has 0 unspecified atom stereocenters. The molecule has 1 amide bonds. The van der Waals surface area contributed by atoms with Gasteiger partial charge in [-0.1, -0.05) is 42.5 Å². The number of amides is 1.